The Kier molecular flexibility index (Phi) is 6.63. The van der Waals surface area contributed by atoms with Crippen LogP contribution >= 0.6 is 0 Å². The number of allylic oxidation sites excluding steroid dienone is 3. The molecule has 0 bridgehead atoms. The Morgan fingerprint density at radius 1 is 0.971 bits per heavy atom. The lowest BCUT2D eigenvalue weighted by molar-refractivity contribution is -0.116. The monoisotopic (exact) mass is 462 g/mol. The SMILES string of the molecule is COc1ccc(C2C(C(=O)Nc3ccccc3C)=C(C)NC3=C2C(=O)CCC3)c(OC)c1OC. The molecule has 1 atom stereocenters. The summed E-state index contributed by atoms with van der Waals surface area (Å²) in [6.45, 7) is 3.81. The fourth-order valence-electron chi connectivity index (χ4n) is 4.85. The van der Waals surface area contributed by atoms with Crippen LogP contribution in [0, 0.1) is 6.92 Å². The highest BCUT2D eigenvalue weighted by molar-refractivity contribution is 6.10. The summed E-state index contributed by atoms with van der Waals surface area (Å²) >= 11 is 0. The number of benzene rings is 2. The van der Waals surface area contributed by atoms with Gasteiger partial charge >= 0.3 is 0 Å². The number of anilines is 1. The predicted molar refractivity (Wildman–Crippen MR) is 130 cm³/mol. The molecule has 2 aromatic rings. The van der Waals surface area contributed by atoms with Gasteiger partial charge in [-0.15, -0.1) is 0 Å². The first-order valence-corrected chi connectivity index (χ1v) is 11.3. The molecule has 0 saturated carbocycles. The van der Waals surface area contributed by atoms with Crippen molar-refractivity contribution >= 4 is 17.4 Å². The predicted octanol–water partition coefficient (Wildman–Crippen LogP) is 4.63. The number of rotatable bonds is 6. The number of hydrogen-bond donors (Lipinski definition) is 2. The van der Waals surface area contributed by atoms with Gasteiger partial charge in [0, 0.05) is 40.2 Å². The van der Waals surface area contributed by atoms with E-state index in [-0.39, 0.29) is 11.7 Å². The lowest BCUT2D eigenvalue weighted by Crippen LogP contribution is -2.35. The maximum Gasteiger partial charge on any atom is 0.254 e. The van der Waals surface area contributed by atoms with Gasteiger partial charge < -0.3 is 24.8 Å². The summed E-state index contributed by atoms with van der Waals surface area (Å²) in [5.41, 5.74) is 5.01. The number of ketones is 1. The van der Waals surface area contributed by atoms with Crippen LogP contribution in [-0.2, 0) is 9.59 Å². The number of Topliss-reactive ketones (excluding diaryl/α,β-unsaturated/α-hetero) is 1. The first kappa shape index (κ1) is 23.4. The average Bonchev–Trinajstić information content (AvgIpc) is 2.83. The van der Waals surface area contributed by atoms with Crippen molar-refractivity contribution in [2.45, 2.75) is 39.0 Å². The lowest BCUT2D eigenvalue weighted by atomic mass is 9.74. The summed E-state index contributed by atoms with van der Waals surface area (Å²) in [5, 5.41) is 6.39. The largest absolute Gasteiger partial charge is 0.493 e. The molecule has 7 heteroatoms. The lowest BCUT2D eigenvalue weighted by Gasteiger charge is -2.35. The standard InChI is InChI=1S/C27H30N2O5/c1-15-9-6-7-10-18(15)29-27(31)22-16(2)28-19-11-8-12-20(30)24(19)23(22)17-13-14-21(32-3)26(34-5)25(17)33-4/h6-7,9-10,13-14,23,28H,8,11-12H2,1-5H3,(H,29,31). The minimum atomic E-state index is -0.608. The summed E-state index contributed by atoms with van der Waals surface area (Å²) in [6.07, 6.45) is 1.97. The zero-order valence-corrected chi connectivity index (χ0v) is 20.2. The van der Waals surface area contributed by atoms with Gasteiger partial charge in [0.15, 0.2) is 17.3 Å². The third-order valence-electron chi connectivity index (χ3n) is 6.46. The van der Waals surface area contributed by atoms with Crippen molar-refractivity contribution in [1.29, 1.82) is 0 Å². The topological polar surface area (TPSA) is 85.9 Å². The number of carbonyl (C=O) groups is 2. The number of nitrogens with one attached hydrogen (secondary N) is 2. The van der Waals surface area contributed by atoms with Gasteiger partial charge in [-0.3, -0.25) is 9.59 Å². The second-order valence-electron chi connectivity index (χ2n) is 8.46. The summed E-state index contributed by atoms with van der Waals surface area (Å²) < 4.78 is 16.8. The molecule has 34 heavy (non-hydrogen) atoms. The molecule has 0 spiro atoms. The van der Waals surface area contributed by atoms with Crippen LogP contribution in [0.5, 0.6) is 17.2 Å². The summed E-state index contributed by atoms with van der Waals surface area (Å²) in [5.74, 6) is 0.515. The Bertz CT molecular complexity index is 1210. The van der Waals surface area contributed by atoms with E-state index < -0.39 is 5.92 Å². The van der Waals surface area contributed by atoms with Gasteiger partial charge in [0.2, 0.25) is 5.75 Å². The van der Waals surface area contributed by atoms with Crippen molar-refractivity contribution in [2.75, 3.05) is 26.6 Å². The van der Waals surface area contributed by atoms with E-state index in [0.29, 0.717) is 46.1 Å². The van der Waals surface area contributed by atoms with E-state index in [4.69, 9.17) is 14.2 Å². The van der Waals surface area contributed by atoms with E-state index in [1.165, 1.54) is 7.11 Å². The number of dihydropyridines is 1. The molecular formula is C27H30N2O5. The number of para-hydroxylation sites is 1. The van der Waals surface area contributed by atoms with Gasteiger partial charge in [-0.1, -0.05) is 24.3 Å². The van der Waals surface area contributed by atoms with E-state index in [1.807, 2.05) is 44.2 Å². The van der Waals surface area contributed by atoms with Crippen molar-refractivity contribution < 1.29 is 23.8 Å². The second-order valence-corrected chi connectivity index (χ2v) is 8.46. The van der Waals surface area contributed by atoms with E-state index in [1.54, 1.807) is 20.3 Å². The number of amides is 1. The van der Waals surface area contributed by atoms with Crippen LogP contribution in [0.3, 0.4) is 0 Å². The molecule has 1 amide bonds. The highest BCUT2D eigenvalue weighted by Crippen LogP contribution is 2.50. The van der Waals surface area contributed by atoms with Gasteiger partial charge in [-0.2, -0.15) is 0 Å². The highest BCUT2D eigenvalue weighted by atomic mass is 16.5. The minimum Gasteiger partial charge on any atom is -0.493 e. The van der Waals surface area contributed by atoms with Crippen molar-refractivity contribution in [2.24, 2.45) is 0 Å². The van der Waals surface area contributed by atoms with Crippen LogP contribution in [0.1, 0.15) is 43.2 Å². The number of ether oxygens (including phenoxy) is 3. The third kappa shape index (κ3) is 4.02. The molecule has 0 radical (unpaired) electrons. The average molecular weight is 463 g/mol. The number of hydrogen-bond acceptors (Lipinski definition) is 6. The summed E-state index contributed by atoms with van der Waals surface area (Å²) in [4.78, 5) is 27.0. The van der Waals surface area contributed by atoms with Gasteiger partial charge in [0.25, 0.3) is 5.91 Å². The molecule has 0 fully saturated rings. The first-order chi connectivity index (χ1) is 16.4. The smallest absolute Gasteiger partial charge is 0.254 e. The van der Waals surface area contributed by atoms with E-state index in [0.717, 1.165) is 29.8 Å². The molecule has 1 aliphatic heterocycles. The van der Waals surface area contributed by atoms with E-state index in [9.17, 15) is 9.59 Å². The van der Waals surface area contributed by atoms with Crippen molar-refractivity contribution in [3.05, 3.63) is 70.1 Å². The maximum absolute atomic E-state index is 13.7. The normalized spacial score (nSPS) is 17.7. The molecule has 1 heterocycles. The van der Waals surface area contributed by atoms with Crippen LogP contribution in [-0.4, -0.2) is 33.0 Å². The van der Waals surface area contributed by atoms with E-state index in [2.05, 4.69) is 10.6 Å². The quantitative estimate of drug-likeness (QED) is 0.651. The van der Waals surface area contributed by atoms with Gasteiger partial charge in [-0.05, 0) is 44.4 Å². The number of methoxy groups -OCH3 is 3. The molecule has 0 aromatic heterocycles. The zero-order chi connectivity index (χ0) is 24.4. The molecule has 7 nitrogen and oxygen atoms in total. The molecule has 1 aliphatic carbocycles. The third-order valence-corrected chi connectivity index (χ3v) is 6.46. The molecule has 2 aliphatic rings. The van der Waals surface area contributed by atoms with Gasteiger partial charge in [0.1, 0.15) is 0 Å². The summed E-state index contributed by atoms with van der Waals surface area (Å²) in [7, 11) is 4.64. The zero-order valence-electron chi connectivity index (χ0n) is 20.2. The van der Waals surface area contributed by atoms with Crippen LogP contribution in [0.2, 0.25) is 0 Å². The van der Waals surface area contributed by atoms with E-state index >= 15 is 0 Å². The molecule has 0 saturated heterocycles. The van der Waals surface area contributed by atoms with Crippen molar-refractivity contribution in [3.8, 4) is 17.2 Å². The maximum atomic E-state index is 13.7. The number of aryl methyl sites for hydroxylation is 1. The second kappa shape index (κ2) is 9.63. The Labute approximate surface area is 199 Å². The molecule has 2 N–H and O–H groups in total. The molecule has 4 rings (SSSR count). The van der Waals surface area contributed by atoms with Crippen molar-refractivity contribution in [1.82, 2.24) is 5.32 Å². The molecule has 2 aromatic carbocycles. The van der Waals surface area contributed by atoms with Gasteiger partial charge in [-0.25, -0.2) is 0 Å². The molecular weight excluding hydrogens is 432 g/mol. The molecule has 1 unspecified atom stereocenters. The van der Waals surface area contributed by atoms with Crippen LogP contribution < -0.4 is 24.8 Å². The Morgan fingerprint density at radius 2 is 1.71 bits per heavy atom. The van der Waals surface area contributed by atoms with Crippen LogP contribution in [0.25, 0.3) is 0 Å². The van der Waals surface area contributed by atoms with Crippen LogP contribution in [0.15, 0.2) is 58.9 Å². The van der Waals surface area contributed by atoms with Gasteiger partial charge in [0.05, 0.1) is 27.2 Å². The Balaban J connectivity index is 1.90. The number of carbonyl (C=O) groups excluding carboxylic acids is 2. The fraction of sp³-hybridized carbons (Fsp3) is 0.333. The van der Waals surface area contributed by atoms with Crippen molar-refractivity contribution in [3.63, 3.8) is 0 Å². The fourth-order valence-corrected chi connectivity index (χ4v) is 4.85. The van der Waals surface area contributed by atoms with Crippen LogP contribution in [0.4, 0.5) is 5.69 Å². The molecule has 178 valence electrons. The summed E-state index contributed by atoms with van der Waals surface area (Å²) in [6, 6.07) is 11.2. The highest BCUT2D eigenvalue weighted by Gasteiger charge is 2.40. The first-order valence-electron chi connectivity index (χ1n) is 11.3. The minimum absolute atomic E-state index is 0.0317. The Morgan fingerprint density at radius 3 is 2.38 bits per heavy atom. The Hall–Kier alpha value is -3.74.